The van der Waals surface area contributed by atoms with Crippen molar-refractivity contribution in [2.45, 2.75) is 16.6 Å². The number of ether oxygens (including phenoxy) is 1. The number of hydrogen-bond donors (Lipinski definition) is 2. The highest BCUT2D eigenvalue weighted by molar-refractivity contribution is 6.68. The zero-order valence-electron chi connectivity index (χ0n) is 12.0. The lowest BCUT2D eigenvalue weighted by Crippen LogP contribution is -2.49. The minimum Gasteiger partial charge on any atom is -0.445 e. The molecule has 10 heteroatoms. The van der Waals surface area contributed by atoms with E-state index in [0.717, 1.165) is 0 Å². The number of hydrogen-bond acceptors (Lipinski definition) is 5. The smallest absolute Gasteiger partial charge is 0.409 e. The van der Waals surface area contributed by atoms with E-state index in [1.54, 1.807) is 30.3 Å². The van der Waals surface area contributed by atoms with Crippen molar-refractivity contribution in [3.8, 4) is 0 Å². The average molecular weight is 410 g/mol. The van der Waals surface area contributed by atoms with E-state index >= 15 is 0 Å². The highest BCUT2D eigenvalue weighted by atomic mass is 35.6. The Labute approximate surface area is 158 Å². The molecule has 0 spiro atoms. The lowest BCUT2D eigenvalue weighted by Gasteiger charge is -2.25. The van der Waals surface area contributed by atoms with Crippen LogP contribution in [0.5, 0.6) is 0 Å². The number of nitrogens with zero attached hydrogens (tertiary/aromatic N) is 2. The Bertz CT molecular complexity index is 682. The molecule has 6 nitrogen and oxygen atoms in total. The fourth-order valence-corrected chi connectivity index (χ4v) is 2.14. The van der Waals surface area contributed by atoms with Gasteiger partial charge in [-0.15, -0.1) is 0 Å². The van der Waals surface area contributed by atoms with Crippen LogP contribution in [-0.2, 0) is 11.3 Å². The highest BCUT2D eigenvalue weighted by Crippen LogP contribution is 2.30. The van der Waals surface area contributed by atoms with E-state index in [2.05, 4.69) is 20.6 Å². The summed E-state index contributed by atoms with van der Waals surface area (Å²) in [6.07, 6.45) is 1.10. The monoisotopic (exact) mass is 408 g/mol. The first kappa shape index (κ1) is 18.9. The summed E-state index contributed by atoms with van der Waals surface area (Å²) in [5.74, 6) is 0.181. The van der Waals surface area contributed by atoms with Crippen molar-refractivity contribution >= 4 is 58.4 Å². The van der Waals surface area contributed by atoms with E-state index in [1.165, 1.54) is 12.4 Å². The van der Waals surface area contributed by atoms with Gasteiger partial charge in [0.1, 0.15) is 6.61 Å². The van der Waals surface area contributed by atoms with E-state index in [4.69, 9.17) is 51.1 Å². The molecule has 2 aromatic rings. The standard InChI is InChI=1S/C14H12Cl4N4O2/c15-10-5-2-1-4-9(10)8-24-13(23)22-11(14(16,17)18)21-12-19-6-3-7-20-12/h1-7,11H,8H2,(H,22,23)(H,19,20,21)/t11-/m1/s1. The summed E-state index contributed by atoms with van der Waals surface area (Å²) in [6, 6.07) is 8.60. The van der Waals surface area contributed by atoms with Gasteiger partial charge in [0, 0.05) is 23.0 Å². The summed E-state index contributed by atoms with van der Waals surface area (Å²) >= 11 is 23.6. The maximum Gasteiger partial charge on any atom is 0.409 e. The molecule has 0 aliphatic rings. The predicted molar refractivity (Wildman–Crippen MR) is 94.5 cm³/mol. The number of benzene rings is 1. The second-order valence-electron chi connectivity index (χ2n) is 4.50. The molecule has 0 saturated heterocycles. The number of aromatic nitrogens is 2. The molecule has 0 aliphatic heterocycles. The fourth-order valence-electron chi connectivity index (χ4n) is 1.62. The van der Waals surface area contributed by atoms with Gasteiger partial charge >= 0.3 is 6.09 Å². The van der Waals surface area contributed by atoms with Gasteiger partial charge in [-0.05, 0) is 12.1 Å². The molecular weight excluding hydrogens is 398 g/mol. The van der Waals surface area contributed by atoms with Gasteiger partial charge in [-0.3, -0.25) is 5.32 Å². The lowest BCUT2D eigenvalue weighted by atomic mass is 10.2. The van der Waals surface area contributed by atoms with Gasteiger partial charge in [0.15, 0.2) is 6.17 Å². The second-order valence-corrected chi connectivity index (χ2v) is 7.28. The quantitative estimate of drug-likeness (QED) is 0.572. The second kappa shape index (κ2) is 8.58. The van der Waals surface area contributed by atoms with Crippen LogP contribution in [0.25, 0.3) is 0 Å². The zero-order valence-corrected chi connectivity index (χ0v) is 15.1. The van der Waals surface area contributed by atoms with Crippen LogP contribution in [0.15, 0.2) is 42.7 Å². The fraction of sp³-hybridized carbons (Fsp3) is 0.214. The molecule has 0 bridgehead atoms. The molecular formula is C14H12Cl4N4O2. The van der Waals surface area contributed by atoms with Gasteiger partial charge < -0.3 is 10.1 Å². The summed E-state index contributed by atoms with van der Waals surface area (Å²) in [5.41, 5.74) is 0.652. The molecule has 0 fully saturated rings. The first-order valence-corrected chi connectivity index (χ1v) is 8.14. The molecule has 1 amide bonds. The SMILES string of the molecule is O=C(N[C@@H](Nc1ncccn1)C(Cl)(Cl)Cl)OCc1ccccc1Cl. The Morgan fingerprint density at radius 3 is 2.46 bits per heavy atom. The molecule has 2 rings (SSSR count). The van der Waals surface area contributed by atoms with Crippen molar-refractivity contribution < 1.29 is 9.53 Å². The molecule has 1 heterocycles. The lowest BCUT2D eigenvalue weighted by molar-refractivity contribution is 0.137. The van der Waals surface area contributed by atoms with Gasteiger partial charge in [0.05, 0.1) is 0 Å². The van der Waals surface area contributed by atoms with E-state index in [-0.39, 0.29) is 12.6 Å². The first-order valence-electron chi connectivity index (χ1n) is 6.63. The molecule has 1 aromatic heterocycles. The number of amides is 1. The van der Waals surface area contributed by atoms with Crippen LogP contribution < -0.4 is 10.6 Å². The molecule has 0 aliphatic carbocycles. The van der Waals surface area contributed by atoms with Crippen LogP contribution in [0, 0.1) is 0 Å². The van der Waals surface area contributed by atoms with Crippen LogP contribution in [0.3, 0.4) is 0 Å². The topological polar surface area (TPSA) is 76.1 Å². The van der Waals surface area contributed by atoms with Gasteiger partial charge in [-0.1, -0.05) is 64.6 Å². The van der Waals surface area contributed by atoms with E-state index in [0.29, 0.717) is 10.6 Å². The largest absolute Gasteiger partial charge is 0.445 e. The Morgan fingerprint density at radius 2 is 1.83 bits per heavy atom. The van der Waals surface area contributed by atoms with Crippen molar-refractivity contribution in [2.24, 2.45) is 0 Å². The van der Waals surface area contributed by atoms with Crippen molar-refractivity contribution in [2.75, 3.05) is 5.32 Å². The molecule has 2 N–H and O–H groups in total. The maximum absolute atomic E-state index is 11.9. The predicted octanol–water partition coefficient (Wildman–Crippen LogP) is 4.16. The Hall–Kier alpha value is -1.47. The molecule has 0 unspecified atom stereocenters. The summed E-state index contributed by atoms with van der Waals surface area (Å²) in [5, 5.41) is 5.59. The summed E-state index contributed by atoms with van der Waals surface area (Å²) in [6.45, 7) is -0.0279. The Morgan fingerprint density at radius 1 is 1.17 bits per heavy atom. The Balaban J connectivity index is 1.96. The van der Waals surface area contributed by atoms with Gasteiger partial charge in [-0.25, -0.2) is 14.8 Å². The molecule has 0 radical (unpaired) electrons. The van der Waals surface area contributed by atoms with Crippen molar-refractivity contribution in [1.29, 1.82) is 0 Å². The van der Waals surface area contributed by atoms with Gasteiger partial charge in [0.25, 0.3) is 0 Å². The van der Waals surface area contributed by atoms with Crippen molar-refractivity contribution in [1.82, 2.24) is 15.3 Å². The molecule has 0 saturated carbocycles. The highest BCUT2D eigenvalue weighted by Gasteiger charge is 2.35. The molecule has 128 valence electrons. The summed E-state index contributed by atoms with van der Waals surface area (Å²) in [4.78, 5) is 19.8. The number of rotatable bonds is 5. The molecule has 24 heavy (non-hydrogen) atoms. The van der Waals surface area contributed by atoms with Crippen molar-refractivity contribution in [3.05, 3.63) is 53.3 Å². The number of carbonyl (C=O) groups is 1. The van der Waals surface area contributed by atoms with Crippen LogP contribution in [-0.4, -0.2) is 26.0 Å². The third-order valence-electron chi connectivity index (χ3n) is 2.75. The van der Waals surface area contributed by atoms with Crippen LogP contribution in [0.1, 0.15) is 5.56 Å². The summed E-state index contributed by atoms with van der Waals surface area (Å²) in [7, 11) is 0. The number of halogens is 4. The molecule has 1 atom stereocenters. The van der Waals surface area contributed by atoms with E-state index in [1.807, 2.05) is 0 Å². The van der Waals surface area contributed by atoms with Crippen LogP contribution >= 0.6 is 46.4 Å². The minimum absolute atomic E-state index is 0.0279. The number of anilines is 1. The zero-order chi connectivity index (χ0) is 17.6. The van der Waals surface area contributed by atoms with E-state index < -0.39 is 16.1 Å². The minimum atomic E-state index is -1.86. The van der Waals surface area contributed by atoms with Crippen LogP contribution in [0.4, 0.5) is 10.7 Å². The van der Waals surface area contributed by atoms with Gasteiger partial charge in [0.2, 0.25) is 9.74 Å². The third-order valence-corrected chi connectivity index (χ3v) is 3.77. The number of alkyl halides is 3. The van der Waals surface area contributed by atoms with Crippen molar-refractivity contribution in [3.63, 3.8) is 0 Å². The number of alkyl carbamates (subject to hydrolysis) is 1. The number of nitrogens with one attached hydrogen (secondary N) is 2. The van der Waals surface area contributed by atoms with Gasteiger partial charge in [-0.2, -0.15) is 0 Å². The Kier molecular flexibility index (Phi) is 6.74. The van der Waals surface area contributed by atoms with E-state index in [9.17, 15) is 4.79 Å². The maximum atomic E-state index is 11.9. The van der Waals surface area contributed by atoms with Crippen LogP contribution in [0.2, 0.25) is 5.02 Å². The summed E-state index contributed by atoms with van der Waals surface area (Å²) < 4.78 is 3.22. The molecule has 1 aromatic carbocycles. The first-order chi connectivity index (χ1) is 11.4. The average Bonchev–Trinajstić information content (AvgIpc) is 2.53. The third kappa shape index (κ3) is 5.87. The normalized spacial score (nSPS) is 12.3. The number of carbonyl (C=O) groups excluding carboxylic acids is 1.